The first-order chi connectivity index (χ1) is 18.6. The number of rotatable bonds is 10. The highest BCUT2D eigenvalue weighted by Gasteiger charge is 2.27. The maximum absolute atomic E-state index is 6.61. The van der Waals surface area contributed by atoms with Gasteiger partial charge in [-0.15, -0.1) is 0 Å². The molecule has 0 unspecified atom stereocenters. The zero-order valence-electron chi connectivity index (χ0n) is 24.4. The van der Waals surface area contributed by atoms with E-state index in [1.807, 2.05) is 12.1 Å². The first-order valence-corrected chi connectivity index (χ1v) is 14.0. The Bertz CT molecular complexity index is 1200. The molecule has 204 valence electrons. The molecule has 3 heteroatoms. The molecular weight excluding hydrogens is 476 g/mol. The van der Waals surface area contributed by atoms with Crippen molar-refractivity contribution < 1.29 is 4.74 Å². The largest absolute Gasteiger partial charge is 0.457 e. The Balaban J connectivity index is 1.52. The number of para-hydroxylation sites is 2. The molecule has 0 radical (unpaired) electrons. The summed E-state index contributed by atoms with van der Waals surface area (Å²) in [6.07, 6.45) is 0. The van der Waals surface area contributed by atoms with E-state index in [1.165, 1.54) is 11.1 Å². The molecule has 0 aliphatic heterocycles. The van der Waals surface area contributed by atoms with Crippen molar-refractivity contribution >= 4 is 0 Å². The predicted octanol–water partition coefficient (Wildman–Crippen LogP) is 9.23. The fourth-order valence-electron chi connectivity index (χ4n) is 5.18. The van der Waals surface area contributed by atoms with E-state index in [0.717, 1.165) is 22.6 Å². The van der Waals surface area contributed by atoms with Crippen LogP contribution in [-0.2, 0) is 13.1 Å². The summed E-state index contributed by atoms with van der Waals surface area (Å²) in [4.78, 5) is 0. The first-order valence-electron chi connectivity index (χ1n) is 14.0. The third-order valence-corrected chi connectivity index (χ3v) is 7.16. The van der Waals surface area contributed by atoms with Crippen molar-refractivity contribution in [2.45, 2.75) is 66.7 Å². The van der Waals surface area contributed by atoms with E-state index in [9.17, 15) is 0 Å². The number of nitrogens with one attached hydrogen (secondary N) is 2. The van der Waals surface area contributed by atoms with Crippen LogP contribution in [0.5, 0.6) is 11.5 Å². The van der Waals surface area contributed by atoms with Gasteiger partial charge in [-0.25, -0.2) is 0 Å². The van der Waals surface area contributed by atoms with E-state index >= 15 is 0 Å². The van der Waals surface area contributed by atoms with Crippen molar-refractivity contribution in [3.63, 3.8) is 0 Å². The second-order valence-electron chi connectivity index (χ2n) is 12.5. The van der Waals surface area contributed by atoms with Crippen molar-refractivity contribution in [2.75, 3.05) is 0 Å². The normalized spacial score (nSPS) is 13.6. The van der Waals surface area contributed by atoms with E-state index in [-0.39, 0.29) is 22.9 Å². The quantitative estimate of drug-likeness (QED) is 0.219. The number of ether oxygens (including phenoxy) is 1. The minimum absolute atomic E-state index is 0.0672. The summed E-state index contributed by atoms with van der Waals surface area (Å²) < 4.78 is 6.61. The Morgan fingerprint density at radius 1 is 0.487 bits per heavy atom. The molecule has 0 amide bonds. The van der Waals surface area contributed by atoms with Crippen LogP contribution in [0.1, 0.15) is 75.9 Å². The van der Waals surface area contributed by atoms with E-state index < -0.39 is 0 Å². The van der Waals surface area contributed by atoms with E-state index in [2.05, 4.69) is 149 Å². The highest BCUT2D eigenvalue weighted by molar-refractivity contribution is 5.41. The maximum Gasteiger partial charge on any atom is 0.131 e. The van der Waals surface area contributed by atoms with Crippen LogP contribution in [0.15, 0.2) is 109 Å². The lowest BCUT2D eigenvalue weighted by atomic mass is 9.82. The van der Waals surface area contributed by atoms with Gasteiger partial charge in [0.1, 0.15) is 11.5 Å². The Kier molecular flexibility index (Phi) is 9.27. The number of benzene rings is 4. The molecule has 0 saturated heterocycles. The highest BCUT2D eigenvalue weighted by Crippen LogP contribution is 2.36. The average Bonchev–Trinajstić information content (AvgIpc) is 2.90. The minimum Gasteiger partial charge on any atom is -0.457 e. The molecule has 0 aliphatic rings. The summed E-state index contributed by atoms with van der Waals surface area (Å²) in [5, 5.41) is 7.63. The van der Waals surface area contributed by atoms with Crippen LogP contribution < -0.4 is 15.4 Å². The molecule has 3 nitrogen and oxygen atoms in total. The summed E-state index contributed by atoms with van der Waals surface area (Å²) in [6.45, 7) is 15.1. The fourth-order valence-corrected chi connectivity index (χ4v) is 5.18. The van der Waals surface area contributed by atoms with Gasteiger partial charge in [-0.1, -0.05) is 139 Å². The molecule has 0 aromatic heterocycles. The summed E-state index contributed by atoms with van der Waals surface area (Å²) >= 11 is 0. The van der Waals surface area contributed by atoms with E-state index in [1.54, 1.807) is 0 Å². The second-order valence-corrected chi connectivity index (χ2v) is 12.5. The van der Waals surface area contributed by atoms with Crippen LogP contribution in [0.4, 0.5) is 0 Å². The highest BCUT2D eigenvalue weighted by atomic mass is 16.5. The van der Waals surface area contributed by atoms with Crippen LogP contribution in [-0.4, -0.2) is 0 Å². The van der Waals surface area contributed by atoms with Crippen LogP contribution >= 0.6 is 0 Å². The fraction of sp³-hybridized carbons (Fsp3) is 0.333. The molecule has 4 aromatic carbocycles. The molecule has 0 bridgehead atoms. The van der Waals surface area contributed by atoms with Gasteiger partial charge < -0.3 is 15.4 Å². The molecular formula is C36H44N2O. The first kappa shape index (κ1) is 28.6. The number of hydrogen-bond acceptors (Lipinski definition) is 3. The van der Waals surface area contributed by atoms with Crippen LogP contribution in [0, 0.1) is 10.8 Å². The lowest BCUT2D eigenvalue weighted by Crippen LogP contribution is -2.32. The lowest BCUT2D eigenvalue weighted by Gasteiger charge is -2.33. The van der Waals surface area contributed by atoms with Gasteiger partial charge in [0.15, 0.2) is 0 Å². The molecule has 4 aromatic rings. The van der Waals surface area contributed by atoms with Crippen molar-refractivity contribution in [1.82, 2.24) is 10.6 Å². The zero-order chi connectivity index (χ0) is 27.9. The zero-order valence-corrected chi connectivity index (χ0v) is 24.4. The van der Waals surface area contributed by atoms with Gasteiger partial charge in [-0.05, 0) is 34.1 Å². The monoisotopic (exact) mass is 520 g/mol. The van der Waals surface area contributed by atoms with Gasteiger partial charge in [-0.3, -0.25) is 0 Å². The molecule has 2 atom stereocenters. The van der Waals surface area contributed by atoms with Gasteiger partial charge in [0.05, 0.1) is 0 Å². The third kappa shape index (κ3) is 7.81. The Morgan fingerprint density at radius 2 is 0.821 bits per heavy atom. The SMILES string of the molecule is CC(C)(C)[C@@H](NCc1ccccc1Oc1ccccc1CN[C@@H](c1ccccc1)C(C)(C)C)c1ccccc1. The molecule has 4 rings (SSSR count). The molecule has 39 heavy (non-hydrogen) atoms. The Morgan fingerprint density at radius 3 is 1.18 bits per heavy atom. The van der Waals surface area contributed by atoms with Gasteiger partial charge >= 0.3 is 0 Å². The van der Waals surface area contributed by atoms with Crippen molar-refractivity contribution in [3.05, 3.63) is 131 Å². The third-order valence-electron chi connectivity index (χ3n) is 7.16. The summed E-state index contributed by atoms with van der Waals surface area (Å²) in [7, 11) is 0. The topological polar surface area (TPSA) is 33.3 Å². The van der Waals surface area contributed by atoms with Crippen LogP contribution in [0.3, 0.4) is 0 Å². The molecule has 0 saturated carbocycles. The predicted molar refractivity (Wildman–Crippen MR) is 164 cm³/mol. The maximum atomic E-state index is 6.61. The lowest BCUT2D eigenvalue weighted by molar-refractivity contribution is 0.269. The molecule has 0 spiro atoms. The molecule has 0 heterocycles. The van der Waals surface area contributed by atoms with Crippen LogP contribution in [0.25, 0.3) is 0 Å². The van der Waals surface area contributed by atoms with Gasteiger partial charge in [-0.2, -0.15) is 0 Å². The van der Waals surface area contributed by atoms with E-state index in [4.69, 9.17) is 4.74 Å². The molecule has 0 aliphatic carbocycles. The Labute approximate surface area is 235 Å². The van der Waals surface area contributed by atoms with Gasteiger partial charge in [0, 0.05) is 36.3 Å². The van der Waals surface area contributed by atoms with Crippen molar-refractivity contribution in [3.8, 4) is 11.5 Å². The standard InChI is InChI=1S/C36H44N2O/c1-35(2,3)33(27-17-9-7-10-18-27)37-25-29-21-13-15-23-31(29)39-32-24-16-14-22-30(32)26-38-34(36(4,5)6)28-19-11-8-12-20-28/h7-24,33-34,37-38H,25-26H2,1-6H3/t33-,34-/m0/s1. The average molecular weight is 521 g/mol. The molecule has 0 fully saturated rings. The summed E-state index contributed by atoms with van der Waals surface area (Å²) in [5.74, 6) is 1.77. The Hall–Kier alpha value is -3.40. The van der Waals surface area contributed by atoms with Crippen molar-refractivity contribution in [2.24, 2.45) is 10.8 Å². The van der Waals surface area contributed by atoms with Gasteiger partial charge in [0.2, 0.25) is 0 Å². The van der Waals surface area contributed by atoms with E-state index in [0.29, 0.717) is 13.1 Å². The summed E-state index contributed by atoms with van der Waals surface area (Å²) in [6, 6.07) is 38.5. The van der Waals surface area contributed by atoms with Crippen LogP contribution in [0.2, 0.25) is 0 Å². The van der Waals surface area contributed by atoms with Crippen molar-refractivity contribution in [1.29, 1.82) is 0 Å². The van der Waals surface area contributed by atoms with Gasteiger partial charge in [0.25, 0.3) is 0 Å². The smallest absolute Gasteiger partial charge is 0.131 e. The minimum atomic E-state index is 0.0672. The molecule has 2 N–H and O–H groups in total. The number of hydrogen-bond donors (Lipinski definition) is 2. The summed E-state index contributed by atoms with van der Waals surface area (Å²) in [5.41, 5.74) is 5.01. The second kappa shape index (κ2) is 12.6.